The van der Waals surface area contributed by atoms with Gasteiger partial charge >= 0.3 is 99.1 Å². The summed E-state index contributed by atoms with van der Waals surface area (Å²) in [5, 5.41) is 8.72. The molecule has 148 heavy (non-hydrogen) atoms. The summed E-state index contributed by atoms with van der Waals surface area (Å²) in [6.07, 6.45) is 28.9. The number of hydrogen-bond donors (Lipinski definition) is 3. The van der Waals surface area contributed by atoms with Gasteiger partial charge < -0.3 is 77.5 Å². The zero-order valence-corrected chi connectivity index (χ0v) is 88.9. The normalized spacial score (nSPS) is 11.1. The van der Waals surface area contributed by atoms with Gasteiger partial charge in [-0.3, -0.25) is 9.59 Å². The van der Waals surface area contributed by atoms with Crippen LogP contribution in [0.5, 0.6) is 5.75 Å². The summed E-state index contributed by atoms with van der Waals surface area (Å²) in [4.78, 5) is 160. The van der Waals surface area contributed by atoms with Crippen molar-refractivity contribution in [2.75, 3.05) is 112 Å². The van der Waals surface area contributed by atoms with Crippen LogP contribution in [0, 0.1) is 23.4 Å². The van der Waals surface area contributed by atoms with Crippen molar-refractivity contribution in [3.8, 4) is 5.75 Å². The number of benzene rings is 6. The van der Waals surface area contributed by atoms with Crippen molar-refractivity contribution >= 4 is 106 Å². The third-order valence-electron chi connectivity index (χ3n) is 23.6. The smallest absolute Gasteiger partial charge is 0.407 e. The number of alkyl carbamates (subject to hydrolysis) is 1. The summed E-state index contributed by atoms with van der Waals surface area (Å²) in [6, 6.07) is 61.3. The first-order chi connectivity index (χ1) is 71.7. The number of carbonyl (C=O) groups excluding carboxylic acids is 13. The average Bonchev–Trinajstić information content (AvgIpc) is 0.735. The summed E-state index contributed by atoms with van der Waals surface area (Å²) in [7, 11) is 0. The lowest BCUT2D eigenvalue weighted by atomic mass is 9.13. The topological polar surface area (TPSA) is 381 Å². The zero-order chi connectivity index (χ0) is 108. The third-order valence-corrected chi connectivity index (χ3v) is 26.3. The van der Waals surface area contributed by atoms with Crippen LogP contribution in [0.25, 0.3) is 0 Å². The number of halogens is 1. The monoisotopic (exact) mass is 2160 g/mol. The second-order valence-electron chi connectivity index (χ2n) is 35.9. The standard InChI is InChI=1S/C67H101IN4O15.C25H32O11.C24H20B/c1-6-11-12-13-14-15-16-17-20-30-39-58(50-82-57-44-42-56(43-45-57)68-55-37-28-27-29-38-55)87-66(80)71-48-35-25-26-36-49-72(64(78)69-46-33-23-18-21-31-40-62(76)81-10-5)65(79)70-47-34-24-19-22-32-41-63(77)86-54-67(51-83-59(73)7-2,52-84-60(74)8-3)53-85-61(75)9-4;1-7-19(26)32-13-24(6,14-33-20(27)8-2)12-31-15-25(16-34-21(28)9-3,17-35-22(29)10-4)18-36-23(30)11-5;1-5-13-21(14-6-1)25(22-15-7-2-8-16-22,23-17-9-3-10-18-23)24-19-11-4-12-20-24/h7-9,27-29,37-38,42-45,58H,2-4,6,10-26,30-36,39-41,46-54H2,1,5H3,(H2-,69,70,71,78,79,80);7-11H,1-5,12-18H2,6H3;1-20H/q;;-1/p+1. The van der Waals surface area contributed by atoms with Gasteiger partial charge in [-0.2, -0.15) is 21.9 Å². The molecule has 0 saturated carbocycles. The highest BCUT2D eigenvalue weighted by molar-refractivity contribution is 7.19. The maximum atomic E-state index is 13.5. The minimum absolute atomic E-state index is 0.0597. The predicted octanol–water partition coefficient (Wildman–Crippen LogP) is 14.5. The van der Waals surface area contributed by atoms with Crippen LogP contribution in [0.1, 0.15) is 194 Å². The second kappa shape index (κ2) is 77.0. The average molecular weight is 2160 g/mol. The molecule has 30 nitrogen and oxygen atoms in total. The Labute approximate surface area is 884 Å². The number of nitrogens with zero attached hydrogens (tertiary/aromatic N) is 1. The van der Waals surface area contributed by atoms with E-state index in [0.29, 0.717) is 71.2 Å². The quantitative estimate of drug-likeness (QED) is 0.00797. The fraction of sp³-hybridized carbons (Fsp3) is 0.440. The molecule has 0 spiro atoms. The number of nitrogens with one attached hydrogen (secondary N) is 3. The van der Waals surface area contributed by atoms with Gasteiger partial charge in [0.15, 0.2) is 7.14 Å². The van der Waals surface area contributed by atoms with Crippen LogP contribution in [-0.4, -0.2) is 207 Å². The van der Waals surface area contributed by atoms with E-state index in [0.717, 1.165) is 131 Å². The molecule has 0 aliphatic heterocycles. The number of amides is 5. The number of rotatable bonds is 75. The van der Waals surface area contributed by atoms with Crippen molar-refractivity contribution in [3.05, 3.63) is 284 Å². The summed E-state index contributed by atoms with van der Waals surface area (Å²) in [5.74, 6) is -6.10. The molecule has 6 rings (SSSR count). The SMILES string of the molecule is C=CC(=O)OCC(C)(COCC(COC(=O)C=C)(COC(=O)C=C)COC(=O)C=C)COC(=O)C=C.C=CC(=O)OCC(COC(=O)C=C)(COC(=O)C=C)COC(=O)CCCCCCCNC(=O)N(CCCCCCNC(=O)OC(CCCCCCCCCCCC)COc1ccc([I+]c2ccccc2)cc1)C(=O)NCCCCCCCC(=O)OCC.c1ccc([B-](c2ccccc2)(c2ccccc2)c2ccccc2)cc1. The fourth-order valence-corrected chi connectivity index (χ4v) is 17.6. The minimum Gasteiger partial charge on any atom is -0.490 e. The second-order valence-corrected chi connectivity index (χ2v) is 38.9. The van der Waals surface area contributed by atoms with E-state index in [1.165, 1.54) is 78.8 Å². The lowest BCUT2D eigenvalue weighted by Crippen LogP contribution is -3.61. The van der Waals surface area contributed by atoms with Crippen LogP contribution >= 0.6 is 0 Å². The lowest BCUT2D eigenvalue weighted by molar-refractivity contribution is -0.597. The van der Waals surface area contributed by atoms with Gasteiger partial charge in [0.05, 0.1) is 30.7 Å². The molecule has 6 aromatic rings. The van der Waals surface area contributed by atoms with Crippen molar-refractivity contribution in [2.45, 2.75) is 200 Å². The molecule has 5 amide bonds. The molecular formula is C116H154BIN4O26. The molecule has 0 heterocycles. The predicted molar refractivity (Wildman–Crippen MR) is 569 cm³/mol. The van der Waals surface area contributed by atoms with Crippen molar-refractivity contribution in [1.82, 2.24) is 20.9 Å². The Morgan fingerprint density at radius 2 is 0.635 bits per heavy atom. The van der Waals surface area contributed by atoms with Crippen molar-refractivity contribution < 1.29 is 145 Å². The van der Waals surface area contributed by atoms with Crippen LogP contribution in [-0.2, 0) is 105 Å². The van der Waals surface area contributed by atoms with E-state index in [9.17, 15) is 62.3 Å². The van der Waals surface area contributed by atoms with Crippen LogP contribution in [0.4, 0.5) is 14.4 Å². The van der Waals surface area contributed by atoms with Crippen molar-refractivity contribution in [2.24, 2.45) is 16.2 Å². The summed E-state index contributed by atoms with van der Waals surface area (Å²) in [5.41, 5.74) is 1.54. The van der Waals surface area contributed by atoms with Gasteiger partial charge in [-0.05, 0) is 94.7 Å². The molecule has 0 fully saturated rings. The minimum atomic E-state index is -1.43. The highest BCUT2D eigenvalue weighted by atomic mass is 127. The molecule has 0 aromatic heterocycles. The van der Waals surface area contributed by atoms with Crippen LogP contribution in [0.2, 0.25) is 0 Å². The number of urea groups is 2. The number of esters is 10. The molecule has 0 aliphatic carbocycles. The van der Waals surface area contributed by atoms with E-state index in [4.69, 9.17) is 61.6 Å². The first kappa shape index (κ1) is 127. The number of carbonyl (C=O) groups is 13. The van der Waals surface area contributed by atoms with E-state index in [-0.39, 0.29) is 93.0 Å². The molecule has 32 heteroatoms. The maximum absolute atomic E-state index is 13.5. The van der Waals surface area contributed by atoms with Crippen LogP contribution in [0.3, 0.4) is 0 Å². The summed E-state index contributed by atoms with van der Waals surface area (Å²) in [6.45, 7) is 30.6. The number of ether oxygens (including phenoxy) is 13. The van der Waals surface area contributed by atoms with E-state index < -0.39 is 127 Å². The lowest BCUT2D eigenvalue weighted by Gasteiger charge is -2.44. The zero-order valence-electron chi connectivity index (χ0n) is 86.7. The maximum Gasteiger partial charge on any atom is 0.407 e. The molecule has 0 saturated heterocycles. The third kappa shape index (κ3) is 53.7. The van der Waals surface area contributed by atoms with Crippen LogP contribution < -0.4 is 63.7 Å². The van der Waals surface area contributed by atoms with Gasteiger partial charge in [0.1, 0.15) is 89.5 Å². The Hall–Kier alpha value is -13.5. The molecular weight excluding hydrogens is 2000 g/mol. The van der Waals surface area contributed by atoms with E-state index in [1.807, 2.05) is 18.2 Å². The summed E-state index contributed by atoms with van der Waals surface area (Å²) >= 11 is -0.289. The van der Waals surface area contributed by atoms with Crippen molar-refractivity contribution in [3.63, 3.8) is 0 Å². The number of unbranched alkanes of at least 4 members (excludes halogenated alkanes) is 20. The number of hydrogen-bond acceptors (Lipinski definition) is 26. The molecule has 6 aromatic carbocycles. The summed E-state index contributed by atoms with van der Waals surface area (Å²) < 4.78 is 72.2. The van der Waals surface area contributed by atoms with E-state index >= 15 is 0 Å². The largest absolute Gasteiger partial charge is 0.490 e. The Bertz CT molecular complexity index is 4680. The molecule has 804 valence electrons. The molecule has 0 radical (unpaired) electrons. The van der Waals surface area contributed by atoms with Gasteiger partial charge in [0.25, 0.3) is 0 Å². The Kier molecular flexibility index (Phi) is 65.9. The Morgan fingerprint density at radius 3 is 1.00 bits per heavy atom. The van der Waals surface area contributed by atoms with Gasteiger partial charge in [-0.15, -0.1) is 0 Å². The molecule has 1 atom stereocenters. The van der Waals surface area contributed by atoms with E-state index in [1.54, 1.807) is 13.8 Å². The first-order valence-corrected chi connectivity index (χ1v) is 53.1. The molecule has 3 N–H and O–H groups in total. The molecule has 1 unspecified atom stereocenters. The van der Waals surface area contributed by atoms with Gasteiger partial charge in [0.2, 0.25) is 0 Å². The highest BCUT2D eigenvalue weighted by Gasteiger charge is 2.41. The van der Waals surface area contributed by atoms with Crippen LogP contribution in [0.15, 0.2) is 277 Å². The van der Waals surface area contributed by atoms with E-state index in [2.05, 4.69) is 233 Å². The highest BCUT2D eigenvalue weighted by Crippen LogP contribution is 2.28. The van der Waals surface area contributed by atoms with Gasteiger partial charge in [-0.25, -0.2) is 57.6 Å². The first-order valence-electron chi connectivity index (χ1n) is 51.0. The molecule has 0 bridgehead atoms. The van der Waals surface area contributed by atoms with Gasteiger partial charge in [-0.1, -0.05) is 315 Å². The number of imide groups is 1. The Balaban J connectivity index is 0.000000599. The van der Waals surface area contributed by atoms with Gasteiger partial charge in [0, 0.05) is 87.6 Å². The van der Waals surface area contributed by atoms with Crippen molar-refractivity contribution in [1.29, 1.82) is 0 Å². The molecule has 0 aliphatic rings. The Morgan fingerprint density at radius 1 is 0.331 bits per heavy atom. The fourth-order valence-electron chi connectivity index (χ4n) is 15.4.